The molecular weight excluding hydrogens is 236 g/mol. The van der Waals surface area contributed by atoms with Crippen LogP contribution in [0.4, 0.5) is 0 Å². The molecule has 2 rings (SSSR count). The summed E-state index contributed by atoms with van der Waals surface area (Å²) in [5.74, 6) is 0.814. The smallest absolute Gasteiger partial charge is 0.142 e. The Morgan fingerprint density at radius 3 is 1.95 bits per heavy atom. The molecule has 2 aliphatic rings. The molecule has 1 aliphatic heterocycles. The molecule has 0 aromatic carbocycles. The first-order valence-electron chi connectivity index (χ1n) is 7.76. The Balaban J connectivity index is 2.05. The number of Topliss-reactive ketones (excluding diaryl/α,β-unsaturated/α-hetero) is 1. The summed E-state index contributed by atoms with van der Waals surface area (Å²) in [5.41, 5.74) is -0.0247. The van der Waals surface area contributed by atoms with Crippen LogP contribution >= 0.6 is 0 Å². The van der Waals surface area contributed by atoms with Crippen molar-refractivity contribution in [3.05, 3.63) is 0 Å². The minimum absolute atomic E-state index is 0.0775. The van der Waals surface area contributed by atoms with E-state index in [-0.39, 0.29) is 23.0 Å². The van der Waals surface area contributed by atoms with Crippen LogP contribution in [0, 0.1) is 17.3 Å². The molecule has 2 fully saturated rings. The van der Waals surface area contributed by atoms with Gasteiger partial charge in [-0.2, -0.15) is 0 Å². The molecule has 0 aromatic rings. The third-order valence-electron chi connectivity index (χ3n) is 5.16. The predicted molar refractivity (Wildman–Crippen MR) is 78.1 cm³/mol. The van der Waals surface area contributed by atoms with Crippen LogP contribution in [-0.2, 0) is 9.53 Å². The molecule has 1 heterocycles. The summed E-state index contributed by atoms with van der Waals surface area (Å²) in [6.07, 6.45) is 5.37. The van der Waals surface area contributed by atoms with Crippen LogP contribution in [0.2, 0.25) is 0 Å². The zero-order chi connectivity index (χ0) is 14.5. The highest BCUT2D eigenvalue weighted by Crippen LogP contribution is 2.46. The molecule has 2 heteroatoms. The fourth-order valence-electron chi connectivity index (χ4n) is 3.97. The summed E-state index contributed by atoms with van der Waals surface area (Å²) < 4.78 is 6.08. The lowest BCUT2D eigenvalue weighted by Gasteiger charge is -2.36. The Hall–Kier alpha value is -0.370. The lowest BCUT2D eigenvalue weighted by Crippen LogP contribution is -2.38. The highest BCUT2D eigenvalue weighted by Gasteiger charge is 2.50. The minimum Gasteiger partial charge on any atom is -0.369 e. The first kappa shape index (κ1) is 15.0. The van der Waals surface area contributed by atoms with Crippen LogP contribution in [-0.4, -0.2) is 17.0 Å². The van der Waals surface area contributed by atoms with E-state index < -0.39 is 0 Å². The lowest BCUT2D eigenvalue weighted by atomic mass is 9.68. The van der Waals surface area contributed by atoms with Crippen LogP contribution in [0.15, 0.2) is 0 Å². The lowest BCUT2D eigenvalue weighted by molar-refractivity contribution is -0.134. The molecule has 0 amide bonds. The summed E-state index contributed by atoms with van der Waals surface area (Å²) in [5, 5.41) is 0. The number of hydrogen-bond acceptors (Lipinski definition) is 2. The molecule has 1 aliphatic carbocycles. The molecule has 1 unspecified atom stereocenters. The number of rotatable bonds is 2. The second kappa shape index (κ2) is 4.58. The summed E-state index contributed by atoms with van der Waals surface area (Å²) in [4.78, 5) is 12.8. The SMILES string of the molecule is CC1(C)CCC(C(=O)C2CC(C)(C)OC2(C)C)CC1. The molecule has 0 aromatic heterocycles. The van der Waals surface area contributed by atoms with Crippen molar-refractivity contribution >= 4 is 5.78 Å². The molecule has 2 nitrogen and oxygen atoms in total. The van der Waals surface area contributed by atoms with Crippen molar-refractivity contribution in [1.29, 1.82) is 0 Å². The van der Waals surface area contributed by atoms with Gasteiger partial charge in [-0.3, -0.25) is 4.79 Å². The monoisotopic (exact) mass is 266 g/mol. The quantitative estimate of drug-likeness (QED) is 0.742. The molecule has 0 N–H and O–H groups in total. The molecule has 0 bridgehead atoms. The Kier molecular flexibility index (Phi) is 3.62. The maximum absolute atomic E-state index is 12.8. The maximum atomic E-state index is 12.8. The fourth-order valence-corrected chi connectivity index (χ4v) is 3.97. The van der Waals surface area contributed by atoms with Gasteiger partial charge in [0.15, 0.2) is 0 Å². The van der Waals surface area contributed by atoms with E-state index in [0.29, 0.717) is 11.2 Å². The molecule has 1 saturated carbocycles. The van der Waals surface area contributed by atoms with Gasteiger partial charge in [-0.25, -0.2) is 0 Å². The third kappa shape index (κ3) is 3.21. The summed E-state index contributed by atoms with van der Waals surface area (Å²) in [6.45, 7) is 13.0. The fraction of sp³-hybridized carbons (Fsp3) is 0.941. The molecule has 0 radical (unpaired) electrons. The van der Waals surface area contributed by atoms with Crippen molar-refractivity contribution in [2.24, 2.45) is 17.3 Å². The third-order valence-corrected chi connectivity index (χ3v) is 5.16. The van der Waals surface area contributed by atoms with Crippen molar-refractivity contribution < 1.29 is 9.53 Å². The molecule has 1 saturated heterocycles. The topological polar surface area (TPSA) is 26.3 Å². The van der Waals surface area contributed by atoms with Crippen molar-refractivity contribution in [3.63, 3.8) is 0 Å². The van der Waals surface area contributed by atoms with E-state index in [1.807, 2.05) is 0 Å². The maximum Gasteiger partial charge on any atom is 0.142 e. The van der Waals surface area contributed by atoms with Gasteiger partial charge in [-0.1, -0.05) is 13.8 Å². The standard InChI is InChI=1S/C17H30O2/c1-15(2)9-7-12(8-10-15)14(18)13-11-16(3,4)19-17(13,5)6/h12-13H,7-11H2,1-6H3. The van der Waals surface area contributed by atoms with Gasteiger partial charge < -0.3 is 4.74 Å². The minimum atomic E-state index is -0.298. The van der Waals surface area contributed by atoms with Gasteiger partial charge in [0, 0.05) is 11.8 Å². The summed E-state index contributed by atoms with van der Waals surface area (Å²) in [7, 11) is 0. The second-order valence-electron chi connectivity index (χ2n) is 8.56. The largest absolute Gasteiger partial charge is 0.369 e. The Morgan fingerprint density at radius 1 is 1.00 bits per heavy atom. The van der Waals surface area contributed by atoms with E-state index in [0.717, 1.165) is 19.3 Å². The van der Waals surface area contributed by atoms with Gasteiger partial charge in [0.25, 0.3) is 0 Å². The first-order valence-corrected chi connectivity index (χ1v) is 7.76. The van der Waals surface area contributed by atoms with Crippen molar-refractivity contribution in [2.75, 3.05) is 0 Å². The number of ether oxygens (including phenoxy) is 1. The van der Waals surface area contributed by atoms with Crippen LogP contribution < -0.4 is 0 Å². The highest BCUT2D eigenvalue weighted by molar-refractivity contribution is 5.85. The van der Waals surface area contributed by atoms with Gasteiger partial charge in [0.05, 0.1) is 11.2 Å². The second-order valence-corrected chi connectivity index (χ2v) is 8.56. The van der Waals surface area contributed by atoms with E-state index in [2.05, 4.69) is 41.5 Å². The van der Waals surface area contributed by atoms with E-state index in [4.69, 9.17) is 4.74 Å². The number of ketones is 1. The summed E-state index contributed by atoms with van der Waals surface area (Å²) >= 11 is 0. The van der Waals surface area contributed by atoms with E-state index in [1.165, 1.54) is 12.8 Å². The average Bonchev–Trinajstić information content (AvgIpc) is 2.45. The van der Waals surface area contributed by atoms with Gasteiger partial charge in [-0.15, -0.1) is 0 Å². The van der Waals surface area contributed by atoms with Crippen LogP contribution in [0.1, 0.15) is 73.6 Å². The molecule has 0 spiro atoms. The van der Waals surface area contributed by atoms with E-state index in [1.54, 1.807) is 0 Å². The normalized spacial score (nSPS) is 33.3. The van der Waals surface area contributed by atoms with E-state index in [9.17, 15) is 4.79 Å². The molecule has 19 heavy (non-hydrogen) atoms. The number of carbonyl (C=O) groups excluding carboxylic acids is 1. The van der Waals surface area contributed by atoms with Crippen LogP contribution in [0.3, 0.4) is 0 Å². The van der Waals surface area contributed by atoms with Crippen molar-refractivity contribution in [3.8, 4) is 0 Å². The van der Waals surface area contributed by atoms with E-state index >= 15 is 0 Å². The highest BCUT2D eigenvalue weighted by atomic mass is 16.5. The van der Waals surface area contributed by atoms with Gasteiger partial charge in [0.2, 0.25) is 0 Å². The molecular formula is C17H30O2. The molecule has 110 valence electrons. The first-order chi connectivity index (χ1) is 8.53. The van der Waals surface area contributed by atoms with Gasteiger partial charge in [-0.05, 0) is 65.2 Å². The van der Waals surface area contributed by atoms with Crippen molar-refractivity contribution in [1.82, 2.24) is 0 Å². The Morgan fingerprint density at radius 2 is 1.53 bits per heavy atom. The average molecular weight is 266 g/mol. The van der Waals surface area contributed by atoms with Gasteiger partial charge in [0.1, 0.15) is 5.78 Å². The molecule has 1 atom stereocenters. The zero-order valence-corrected chi connectivity index (χ0v) is 13.5. The number of carbonyl (C=O) groups is 1. The predicted octanol–water partition coefficient (Wildman–Crippen LogP) is 4.37. The van der Waals surface area contributed by atoms with Crippen LogP contribution in [0.25, 0.3) is 0 Å². The van der Waals surface area contributed by atoms with Crippen LogP contribution in [0.5, 0.6) is 0 Å². The van der Waals surface area contributed by atoms with Gasteiger partial charge >= 0.3 is 0 Å². The Labute approximate surface area is 118 Å². The number of hydrogen-bond donors (Lipinski definition) is 0. The zero-order valence-electron chi connectivity index (χ0n) is 13.5. The summed E-state index contributed by atoms with van der Waals surface area (Å²) in [6, 6.07) is 0. The van der Waals surface area contributed by atoms with Crippen molar-refractivity contribution in [2.45, 2.75) is 84.8 Å². The Bertz CT molecular complexity index is 355.